The normalized spacial score (nSPS) is 9.69. The maximum atomic E-state index is 10.9. The first-order valence-electron chi connectivity index (χ1n) is 4.22. The first kappa shape index (κ1) is 13.0. The van der Waals surface area contributed by atoms with Gasteiger partial charge in [-0.05, 0) is 28.1 Å². The molecule has 6 heteroatoms. The molecule has 0 amide bonds. The molecular formula is C10H8BrClO4. The number of benzene rings is 1. The van der Waals surface area contributed by atoms with Gasteiger partial charge in [-0.15, -0.1) is 0 Å². The molecule has 0 aromatic heterocycles. The number of esters is 1. The highest BCUT2D eigenvalue weighted by molar-refractivity contribution is 9.10. The lowest BCUT2D eigenvalue weighted by Crippen LogP contribution is -2.13. The molecule has 0 atom stereocenters. The van der Waals surface area contributed by atoms with E-state index in [2.05, 4.69) is 20.7 Å². The molecule has 0 saturated heterocycles. The molecule has 0 aliphatic heterocycles. The summed E-state index contributed by atoms with van der Waals surface area (Å²) in [5.74, 6) is -0.208. The molecule has 0 aliphatic rings. The molecule has 86 valence electrons. The van der Waals surface area contributed by atoms with Gasteiger partial charge in [-0.1, -0.05) is 11.6 Å². The van der Waals surface area contributed by atoms with Gasteiger partial charge in [0.25, 0.3) is 0 Å². The van der Waals surface area contributed by atoms with Crippen molar-refractivity contribution in [3.05, 3.63) is 27.2 Å². The minimum atomic E-state index is -0.512. The summed E-state index contributed by atoms with van der Waals surface area (Å²) in [6.07, 6.45) is 0.667. The van der Waals surface area contributed by atoms with Crippen LogP contribution in [0.25, 0.3) is 0 Å². The van der Waals surface area contributed by atoms with Gasteiger partial charge in [0.2, 0.25) is 0 Å². The summed E-state index contributed by atoms with van der Waals surface area (Å²) in [6, 6.07) is 3.00. The van der Waals surface area contributed by atoms with Gasteiger partial charge in [-0.2, -0.15) is 0 Å². The number of ether oxygens (including phenoxy) is 2. The second-order valence-electron chi connectivity index (χ2n) is 2.80. The Morgan fingerprint density at radius 1 is 1.56 bits per heavy atom. The van der Waals surface area contributed by atoms with Crippen molar-refractivity contribution in [3.8, 4) is 5.75 Å². The van der Waals surface area contributed by atoms with E-state index in [1.165, 1.54) is 13.2 Å². The number of hydrogen-bond acceptors (Lipinski definition) is 4. The molecule has 0 heterocycles. The lowest BCUT2D eigenvalue weighted by Gasteiger charge is -2.09. The van der Waals surface area contributed by atoms with Crippen LogP contribution in [0, 0.1) is 0 Å². The van der Waals surface area contributed by atoms with Gasteiger partial charge in [-0.25, -0.2) is 4.79 Å². The molecular weight excluding hydrogens is 299 g/mol. The van der Waals surface area contributed by atoms with E-state index in [1.54, 1.807) is 6.07 Å². The Morgan fingerprint density at radius 3 is 2.75 bits per heavy atom. The van der Waals surface area contributed by atoms with E-state index < -0.39 is 5.97 Å². The molecule has 16 heavy (non-hydrogen) atoms. The highest BCUT2D eigenvalue weighted by Crippen LogP contribution is 2.34. The molecule has 0 radical (unpaired) electrons. The van der Waals surface area contributed by atoms with E-state index in [0.29, 0.717) is 22.1 Å². The molecule has 1 aromatic carbocycles. The largest absolute Gasteiger partial charge is 0.479 e. The van der Waals surface area contributed by atoms with Crippen LogP contribution in [0.15, 0.2) is 16.6 Å². The van der Waals surface area contributed by atoms with Crippen molar-refractivity contribution in [1.29, 1.82) is 0 Å². The van der Waals surface area contributed by atoms with E-state index in [4.69, 9.17) is 16.3 Å². The highest BCUT2D eigenvalue weighted by Gasteiger charge is 2.11. The number of methoxy groups -OCH3 is 1. The fourth-order valence-corrected chi connectivity index (χ4v) is 1.96. The molecule has 0 bridgehead atoms. The molecule has 0 spiro atoms. The van der Waals surface area contributed by atoms with Crippen molar-refractivity contribution in [3.63, 3.8) is 0 Å². The Labute approximate surface area is 106 Å². The van der Waals surface area contributed by atoms with Crippen LogP contribution in [0.1, 0.15) is 10.4 Å². The van der Waals surface area contributed by atoms with Gasteiger partial charge in [0.15, 0.2) is 12.4 Å². The number of rotatable bonds is 4. The number of carbonyl (C=O) groups is 2. The van der Waals surface area contributed by atoms with E-state index in [1.807, 2.05) is 0 Å². The summed E-state index contributed by atoms with van der Waals surface area (Å²) in [4.78, 5) is 21.4. The monoisotopic (exact) mass is 306 g/mol. The molecule has 0 fully saturated rings. The second kappa shape index (κ2) is 5.86. The van der Waals surface area contributed by atoms with Gasteiger partial charge in [0, 0.05) is 5.56 Å². The topological polar surface area (TPSA) is 52.6 Å². The average Bonchev–Trinajstić information content (AvgIpc) is 2.27. The minimum Gasteiger partial charge on any atom is -0.479 e. The molecule has 1 rings (SSSR count). The van der Waals surface area contributed by atoms with E-state index in [9.17, 15) is 9.59 Å². The number of halogens is 2. The predicted octanol–water partition coefficient (Wildman–Crippen LogP) is 2.47. The highest BCUT2D eigenvalue weighted by atomic mass is 79.9. The summed E-state index contributed by atoms with van der Waals surface area (Å²) in [6.45, 7) is -0.241. The fraction of sp³-hybridized carbons (Fsp3) is 0.200. The van der Waals surface area contributed by atoms with Crippen LogP contribution in [0.2, 0.25) is 5.02 Å². The molecule has 0 saturated carbocycles. The molecule has 0 aliphatic carbocycles. The second-order valence-corrected chi connectivity index (χ2v) is 4.06. The van der Waals surface area contributed by atoms with E-state index >= 15 is 0 Å². The maximum absolute atomic E-state index is 10.9. The first-order valence-corrected chi connectivity index (χ1v) is 5.39. The predicted molar refractivity (Wildman–Crippen MR) is 62.1 cm³/mol. The number of carbonyl (C=O) groups excluding carboxylic acids is 2. The molecule has 1 aromatic rings. The summed E-state index contributed by atoms with van der Waals surface area (Å²) in [5, 5.41) is 0.250. The van der Waals surface area contributed by atoms with Crippen molar-refractivity contribution in [2.24, 2.45) is 0 Å². The summed E-state index contributed by atoms with van der Waals surface area (Å²) < 4.78 is 10.1. The van der Waals surface area contributed by atoms with Gasteiger partial charge >= 0.3 is 5.97 Å². The lowest BCUT2D eigenvalue weighted by molar-refractivity contribution is -0.142. The van der Waals surface area contributed by atoms with E-state index in [0.717, 1.165) is 0 Å². The maximum Gasteiger partial charge on any atom is 0.343 e. The Kier molecular flexibility index (Phi) is 4.76. The SMILES string of the molecule is COC(=O)COc1c(Cl)cc(C=O)cc1Br. The smallest absolute Gasteiger partial charge is 0.343 e. The van der Waals surface area contributed by atoms with Gasteiger partial charge in [-0.3, -0.25) is 4.79 Å². The third-order valence-corrected chi connectivity index (χ3v) is 2.59. The quantitative estimate of drug-likeness (QED) is 0.633. The molecule has 0 N–H and O–H groups in total. The zero-order valence-electron chi connectivity index (χ0n) is 8.33. The third kappa shape index (κ3) is 3.21. The minimum absolute atomic E-state index is 0.241. The standard InChI is InChI=1S/C10H8BrClO4/c1-15-9(14)5-16-10-7(11)2-6(4-13)3-8(10)12/h2-4H,5H2,1H3. The zero-order chi connectivity index (χ0) is 12.1. The Bertz CT molecular complexity index is 396. The zero-order valence-corrected chi connectivity index (χ0v) is 10.7. The Balaban J connectivity index is 2.88. The van der Waals surface area contributed by atoms with Crippen LogP contribution in [0.5, 0.6) is 5.75 Å². The average molecular weight is 308 g/mol. The van der Waals surface area contributed by atoms with Crippen molar-refractivity contribution in [2.75, 3.05) is 13.7 Å². The van der Waals surface area contributed by atoms with E-state index in [-0.39, 0.29) is 11.6 Å². The van der Waals surface area contributed by atoms with Gasteiger partial charge in [0.1, 0.15) is 6.29 Å². The van der Waals surface area contributed by atoms with Crippen LogP contribution in [-0.2, 0) is 9.53 Å². The van der Waals surface area contributed by atoms with Crippen LogP contribution in [0.3, 0.4) is 0 Å². The van der Waals surface area contributed by atoms with Crippen LogP contribution in [-0.4, -0.2) is 26.0 Å². The van der Waals surface area contributed by atoms with Gasteiger partial charge in [0.05, 0.1) is 16.6 Å². The summed E-state index contributed by atoms with van der Waals surface area (Å²) in [5.41, 5.74) is 0.419. The van der Waals surface area contributed by atoms with Crippen LogP contribution < -0.4 is 4.74 Å². The van der Waals surface area contributed by atoms with Crippen LogP contribution in [0.4, 0.5) is 0 Å². The van der Waals surface area contributed by atoms with Crippen molar-refractivity contribution >= 4 is 39.8 Å². The Morgan fingerprint density at radius 2 is 2.25 bits per heavy atom. The number of aldehydes is 1. The fourth-order valence-electron chi connectivity index (χ4n) is 0.975. The summed E-state index contributed by atoms with van der Waals surface area (Å²) in [7, 11) is 1.26. The van der Waals surface area contributed by atoms with Crippen molar-refractivity contribution in [1.82, 2.24) is 0 Å². The number of hydrogen-bond donors (Lipinski definition) is 0. The Hall–Kier alpha value is -1.07. The van der Waals surface area contributed by atoms with Crippen LogP contribution >= 0.6 is 27.5 Å². The molecule has 0 unspecified atom stereocenters. The summed E-state index contributed by atoms with van der Waals surface area (Å²) >= 11 is 9.06. The van der Waals surface area contributed by atoms with Gasteiger partial charge < -0.3 is 9.47 Å². The van der Waals surface area contributed by atoms with Crippen molar-refractivity contribution < 1.29 is 19.1 Å². The van der Waals surface area contributed by atoms with Crippen molar-refractivity contribution in [2.45, 2.75) is 0 Å². The third-order valence-electron chi connectivity index (χ3n) is 1.72. The molecule has 4 nitrogen and oxygen atoms in total. The first-order chi connectivity index (χ1) is 7.58. The lowest BCUT2D eigenvalue weighted by atomic mass is 10.2.